The second-order valence-corrected chi connectivity index (χ2v) is 8.09. The van der Waals surface area contributed by atoms with Crippen LogP contribution in [0.5, 0.6) is 0 Å². The molecule has 2 saturated carbocycles. The van der Waals surface area contributed by atoms with E-state index in [9.17, 15) is 4.21 Å². The zero-order valence-corrected chi connectivity index (χ0v) is 12.7. The van der Waals surface area contributed by atoms with E-state index in [2.05, 4.69) is 27.4 Å². The molecule has 18 heavy (non-hydrogen) atoms. The van der Waals surface area contributed by atoms with E-state index in [0.29, 0.717) is 10.3 Å². The summed E-state index contributed by atoms with van der Waals surface area (Å²) in [5.41, 5.74) is 0.491. The molecule has 0 aromatic carbocycles. The molecule has 2 rings (SSSR count). The van der Waals surface area contributed by atoms with E-state index in [0.717, 1.165) is 12.3 Å². The van der Waals surface area contributed by atoms with E-state index >= 15 is 0 Å². The Kier molecular flexibility index (Phi) is 3.48. The average molecular weight is 268 g/mol. The van der Waals surface area contributed by atoms with Crippen molar-refractivity contribution >= 4 is 10.8 Å². The fourth-order valence-corrected chi connectivity index (χ4v) is 5.70. The second kappa shape index (κ2) is 4.52. The highest BCUT2D eigenvalue weighted by molar-refractivity contribution is 7.89. The third kappa shape index (κ3) is 1.78. The Morgan fingerprint density at radius 3 is 2.56 bits per heavy atom. The summed E-state index contributed by atoms with van der Waals surface area (Å²) in [6.07, 6.45) is 6.86. The van der Waals surface area contributed by atoms with E-state index in [-0.39, 0.29) is 10.7 Å². The molecule has 4 unspecified atom stereocenters. The Hall–Kier alpha value is -0.570. The Labute approximate surface area is 113 Å². The summed E-state index contributed by atoms with van der Waals surface area (Å²) >= 11 is 0. The van der Waals surface area contributed by atoms with Crippen LogP contribution in [0.2, 0.25) is 0 Å². The van der Waals surface area contributed by atoms with Crippen LogP contribution in [-0.4, -0.2) is 16.6 Å². The SMILES string of the molecule is C=C(/C=C/OC)S(=O)C1CC2CCC1(C)C2(C)C. The molecule has 0 spiro atoms. The number of allylic oxidation sites excluding steroid dienone is 1. The van der Waals surface area contributed by atoms with Crippen LogP contribution in [0.25, 0.3) is 0 Å². The molecule has 2 bridgehead atoms. The number of fused-ring (bicyclic) bond motifs is 2. The summed E-state index contributed by atoms with van der Waals surface area (Å²) in [6, 6.07) is 0. The molecule has 2 nitrogen and oxygen atoms in total. The molecule has 0 radical (unpaired) electrons. The molecule has 4 atom stereocenters. The molecule has 0 aromatic rings. The van der Waals surface area contributed by atoms with Gasteiger partial charge in [-0.3, -0.25) is 4.21 Å². The van der Waals surface area contributed by atoms with Gasteiger partial charge in [-0.05, 0) is 42.1 Å². The van der Waals surface area contributed by atoms with Crippen molar-refractivity contribution in [1.82, 2.24) is 0 Å². The van der Waals surface area contributed by atoms with Crippen LogP contribution in [0.4, 0.5) is 0 Å². The van der Waals surface area contributed by atoms with Crippen molar-refractivity contribution in [2.24, 2.45) is 16.7 Å². The van der Waals surface area contributed by atoms with Crippen molar-refractivity contribution in [1.29, 1.82) is 0 Å². The van der Waals surface area contributed by atoms with Crippen molar-refractivity contribution in [2.75, 3.05) is 7.11 Å². The lowest BCUT2D eigenvalue weighted by molar-refractivity contribution is 0.155. The number of methoxy groups -OCH3 is 1. The van der Waals surface area contributed by atoms with Crippen LogP contribution in [-0.2, 0) is 15.5 Å². The maximum Gasteiger partial charge on any atom is 0.0836 e. The van der Waals surface area contributed by atoms with Gasteiger partial charge < -0.3 is 4.74 Å². The third-order valence-electron chi connectivity index (χ3n) is 5.62. The Morgan fingerprint density at radius 1 is 1.44 bits per heavy atom. The summed E-state index contributed by atoms with van der Waals surface area (Å²) < 4.78 is 17.5. The minimum absolute atomic E-state index is 0.187. The van der Waals surface area contributed by atoms with Crippen LogP contribution >= 0.6 is 0 Å². The monoisotopic (exact) mass is 268 g/mol. The maximum absolute atomic E-state index is 12.6. The van der Waals surface area contributed by atoms with E-state index < -0.39 is 10.8 Å². The lowest BCUT2D eigenvalue weighted by atomic mass is 9.71. The number of hydrogen-bond donors (Lipinski definition) is 0. The summed E-state index contributed by atoms with van der Waals surface area (Å²) in [5.74, 6) is 0.718. The third-order valence-corrected chi connectivity index (χ3v) is 7.50. The highest BCUT2D eigenvalue weighted by Crippen LogP contribution is 2.66. The summed E-state index contributed by atoms with van der Waals surface area (Å²) in [5, 5.41) is 0.250. The first-order valence-electron chi connectivity index (χ1n) is 6.63. The van der Waals surface area contributed by atoms with Gasteiger partial charge in [0.15, 0.2) is 0 Å². The molecular weight excluding hydrogens is 244 g/mol. The molecule has 3 heteroatoms. The van der Waals surface area contributed by atoms with Gasteiger partial charge in [-0.1, -0.05) is 27.4 Å². The van der Waals surface area contributed by atoms with Crippen molar-refractivity contribution < 1.29 is 8.95 Å². The molecule has 0 amide bonds. The molecule has 0 N–H and O–H groups in total. The summed E-state index contributed by atoms with van der Waals surface area (Å²) in [6.45, 7) is 10.9. The fraction of sp³-hybridized carbons (Fsp3) is 0.733. The summed E-state index contributed by atoms with van der Waals surface area (Å²) in [4.78, 5) is 0.687. The van der Waals surface area contributed by atoms with E-state index in [1.54, 1.807) is 19.4 Å². The van der Waals surface area contributed by atoms with Crippen molar-refractivity contribution in [3.05, 3.63) is 23.8 Å². The topological polar surface area (TPSA) is 26.3 Å². The molecule has 2 aliphatic rings. The van der Waals surface area contributed by atoms with Crippen LogP contribution < -0.4 is 0 Å². The quantitative estimate of drug-likeness (QED) is 0.575. The van der Waals surface area contributed by atoms with Gasteiger partial charge in [0, 0.05) is 10.2 Å². The molecule has 0 saturated heterocycles. The Bertz CT molecular complexity index is 411. The van der Waals surface area contributed by atoms with Crippen LogP contribution in [0.15, 0.2) is 23.8 Å². The second-order valence-electron chi connectivity index (χ2n) is 6.40. The minimum Gasteiger partial charge on any atom is -0.504 e. The zero-order valence-electron chi connectivity index (χ0n) is 11.9. The molecule has 2 aliphatic carbocycles. The molecular formula is C15H24O2S. The highest BCUT2D eigenvalue weighted by atomic mass is 32.2. The van der Waals surface area contributed by atoms with Crippen molar-refractivity contribution in [3.8, 4) is 0 Å². The molecule has 0 heterocycles. The summed E-state index contributed by atoms with van der Waals surface area (Å²) in [7, 11) is 0.604. The van der Waals surface area contributed by atoms with Gasteiger partial charge in [-0.2, -0.15) is 0 Å². The smallest absolute Gasteiger partial charge is 0.0836 e. The van der Waals surface area contributed by atoms with Gasteiger partial charge in [-0.25, -0.2) is 0 Å². The first-order valence-corrected chi connectivity index (χ1v) is 7.84. The number of rotatable bonds is 4. The predicted octanol–water partition coefficient (Wildman–Crippen LogP) is 3.62. The first-order chi connectivity index (χ1) is 8.34. The molecule has 0 aromatic heterocycles. The average Bonchev–Trinajstić information content (AvgIpc) is 2.67. The zero-order chi connectivity index (χ0) is 13.6. The van der Waals surface area contributed by atoms with Crippen molar-refractivity contribution in [2.45, 2.75) is 45.3 Å². The number of ether oxygens (including phenoxy) is 1. The van der Waals surface area contributed by atoms with Crippen LogP contribution in [0.1, 0.15) is 40.0 Å². The lowest BCUT2D eigenvalue weighted by Crippen LogP contribution is -2.38. The molecule has 2 fully saturated rings. The number of hydrogen-bond acceptors (Lipinski definition) is 2. The van der Waals surface area contributed by atoms with Gasteiger partial charge in [0.05, 0.1) is 24.2 Å². The molecule has 102 valence electrons. The van der Waals surface area contributed by atoms with Crippen molar-refractivity contribution in [3.63, 3.8) is 0 Å². The molecule has 0 aliphatic heterocycles. The normalized spacial score (nSPS) is 39.1. The van der Waals surface area contributed by atoms with Gasteiger partial charge in [0.25, 0.3) is 0 Å². The fourth-order valence-electron chi connectivity index (χ4n) is 3.85. The van der Waals surface area contributed by atoms with E-state index in [1.165, 1.54) is 12.8 Å². The minimum atomic E-state index is -0.988. The van der Waals surface area contributed by atoms with Gasteiger partial charge in [0.1, 0.15) is 0 Å². The standard InChI is InChI=1S/C15H24O2S/c1-11(7-9-17-5)18(16)13-10-12-6-8-15(13,4)14(12,2)3/h7,9,12-13H,1,6,8,10H2,2-5H3/b9-7+. The Morgan fingerprint density at radius 2 is 2.11 bits per heavy atom. The first kappa shape index (κ1) is 13.9. The van der Waals surface area contributed by atoms with Gasteiger partial charge >= 0.3 is 0 Å². The van der Waals surface area contributed by atoms with Gasteiger partial charge in [-0.15, -0.1) is 0 Å². The predicted molar refractivity (Wildman–Crippen MR) is 76.4 cm³/mol. The maximum atomic E-state index is 12.6. The Balaban J connectivity index is 2.20. The van der Waals surface area contributed by atoms with Gasteiger partial charge in [0.2, 0.25) is 0 Å². The lowest BCUT2D eigenvalue weighted by Gasteiger charge is -2.38. The highest BCUT2D eigenvalue weighted by Gasteiger charge is 2.62. The van der Waals surface area contributed by atoms with Crippen LogP contribution in [0, 0.1) is 16.7 Å². The largest absolute Gasteiger partial charge is 0.504 e. The van der Waals surface area contributed by atoms with Crippen LogP contribution in [0.3, 0.4) is 0 Å². The van der Waals surface area contributed by atoms with E-state index in [4.69, 9.17) is 4.74 Å². The van der Waals surface area contributed by atoms with E-state index in [1.807, 2.05) is 0 Å².